The molecule has 7 heteroatoms. The first kappa shape index (κ1) is 18.8. The quantitative estimate of drug-likeness (QED) is 0.670. The summed E-state index contributed by atoms with van der Waals surface area (Å²) in [6, 6.07) is 14.0. The summed E-state index contributed by atoms with van der Waals surface area (Å²) in [7, 11) is -3.32. The van der Waals surface area contributed by atoms with E-state index in [-0.39, 0.29) is 5.78 Å². The number of benzene rings is 2. The van der Waals surface area contributed by atoms with Crippen LogP contribution in [0.1, 0.15) is 23.7 Å². The molecule has 0 atom stereocenters. The van der Waals surface area contributed by atoms with Crippen LogP contribution in [0.15, 0.2) is 48.5 Å². The highest BCUT2D eigenvalue weighted by Gasteiger charge is 2.07. The van der Waals surface area contributed by atoms with E-state index < -0.39 is 10.0 Å². The number of ketones is 1. The fraction of sp³-hybridized carbons (Fsp3) is 0.278. The molecule has 0 amide bonds. The first-order chi connectivity index (χ1) is 11.9. The lowest BCUT2D eigenvalue weighted by Crippen LogP contribution is -2.11. The average molecular weight is 362 g/mol. The minimum Gasteiger partial charge on any atom is -0.494 e. The van der Waals surface area contributed by atoms with Crippen LogP contribution in [0.4, 0.5) is 11.4 Å². The standard InChI is InChI=1S/C18H22N2O4S/c1-3-24-17-10-8-15(9-11-17)19-13-12-18(21)14-4-6-16(7-5-14)20-25(2,22)23/h4-11,19-20H,3,12-13H2,1-2H3. The Balaban J connectivity index is 1.83. The summed E-state index contributed by atoms with van der Waals surface area (Å²) in [5, 5.41) is 3.19. The van der Waals surface area contributed by atoms with Gasteiger partial charge in [0.15, 0.2) is 5.78 Å². The number of hydrogen-bond acceptors (Lipinski definition) is 5. The maximum atomic E-state index is 12.2. The van der Waals surface area contributed by atoms with E-state index >= 15 is 0 Å². The van der Waals surface area contributed by atoms with Gasteiger partial charge in [0.05, 0.1) is 12.9 Å². The topological polar surface area (TPSA) is 84.5 Å². The fourth-order valence-corrected chi connectivity index (χ4v) is 2.80. The lowest BCUT2D eigenvalue weighted by atomic mass is 10.1. The van der Waals surface area contributed by atoms with E-state index in [9.17, 15) is 13.2 Å². The number of sulfonamides is 1. The van der Waals surface area contributed by atoms with Gasteiger partial charge in [-0.25, -0.2) is 8.42 Å². The number of rotatable bonds is 9. The third kappa shape index (κ3) is 6.46. The van der Waals surface area contributed by atoms with Crippen LogP contribution in [-0.2, 0) is 10.0 Å². The third-order valence-corrected chi connectivity index (χ3v) is 3.96. The Labute approximate surface area is 148 Å². The van der Waals surface area contributed by atoms with E-state index in [2.05, 4.69) is 10.0 Å². The average Bonchev–Trinajstić information content (AvgIpc) is 2.56. The van der Waals surface area contributed by atoms with Crippen molar-refractivity contribution >= 4 is 27.2 Å². The minimum atomic E-state index is -3.32. The predicted octanol–water partition coefficient (Wildman–Crippen LogP) is 3.14. The zero-order valence-corrected chi connectivity index (χ0v) is 15.1. The highest BCUT2D eigenvalue weighted by Crippen LogP contribution is 2.16. The van der Waals surface area contributed by atoms with Gasteiger partial charge < -0.3 is 10.1 Å². The summed E-state index contributed by atoms with van der Waals surface area (Å²) in [5.41, 5.74) is 1.91. The normalized spacial score (nSPS) is 11.0. The van der Waals surface area contributed by atoms with Gasteiger partial charge >= 0.3 is 0 Å². The van der Waals surface area contributed by atoms with Crippen molar-refractivity contribution in [1.82, 2.24) is 0 Å². The van der Waals surface area contributed by atoms with Crippen molar-refractivity contribution in [1.29, 1.82) is 0 Å². The lowest BCUT2D eigenvalue weighted by Gasteiger charge is -2.08. The zero-order valence-electron chi connectivity index (χ0n) is 14.3. The van der Waals surface area contributed by atoms with Crippen LogP contribution in [0.25, 0.3) is 0 Å². The number of ether oxygens (including phenoxy) is 1. The predicted molar refractivity (Wildman–Crippen MR) is 100.0 cm³/mol. The molecule has 0 heterocycles. The fourth-order valence-electron chi connectivity index (χ4n) is 2.24. The van der Waals surface area contributed by atoms with E-state index in [1.54, 1.807) is 24.3 Å². The third-order valence-electron chi connectivity index (χ3n) is 3.36. The van der Waals surface area contributed by atoms with Crippen molar-refractivity contribution in [2.24, 2.45) is 0 Å². The lowest BCUT2D eigenvalue weighted by molar-refractivity contribution is 0.0986. The van der Waals surface area contributed by atoms with Gasteiger partial charge in [-0.1, -0.05) is 0 Å². The molecule has 0 unspecified atom stereocenters. The molecule has 0 saturated carbocycles. The summed E-state index contributed by atoms with van der Waals surface area (Å²) < 4.78 is 30.1. The first-order valence-electron chi connectivity index (χ1n) is 7.95. The van der Waals surface area contributed by atoms with Gasteiger partial charge in [0.2, 0.25) is 10.0 Å². The number of carbonyl (C=O) groups excluding carboxylic acids is 1. The van der Waals surface area contributed by atoms with Crippen LogP contribution in [0.2, 0.25) is 0 Å². The number of anilines is 2. The maximum Gasteiger partial charge on any atom is 0.229 e. The molecule has 0 spiro atoms. The van der Waals surface area contributed by atoms with Gasteiger partial charge in [-0.05, 0) is 55.5 Å². The van der Waals surface area contributed by atoms with Crippen molar-refractivity contribution in [3.8, 4) is 5.75 Å². The second-order valence-corrected chi connectivity index (χ2v) is 7.26. The molecule has 0 aliphatic rings. The van der Waals surface area contributed by atoms with Gasteiger partial charge in [-0.15, -0.1) is 0 Å². The Morgan fingerprint density at radius 1 is 1.00 bits per heavy atom. The summed E-state index contributed by atoms with van der Waals surface area (Å²) >= 11 is 0. The summed E-state index contributed by atoms with van der Waals surface area (Å²) in [5.74, 6) is 0.802. The largest absolute Gasteiger partial charge is 0.494 e. The molecule has 6 nitrogen and oxygen atoms in total. The molecule has 0 aliphatic heterocycles. The van der Waals surface area contributed by atoms with Gasteiger partial charge in [-0.3, -0.25) is 9.52 Å². The van der Waals surface area contributed by atoms with Crippen LogP contribution >= 0.6 is 0 Å². The Morgan fingerprint density at radius 2 is 1.60 bits per heavy atom. The highest BCUT2D eigenvalue weighted by molar-refractivity contribution is 7.92. The van der Waals surface area contributed by atoms with Crippen LogP contribution in [0, 0.1) is 0 Å². The van der Waals surface area contributed by atoms with E-state index in [0.29, 0.717) is 30.8 Å². The number of carbonyl (C=O) groups is 1. The molecule has 2 aromatic carbocycles. The maximum absolute atomic E-state index is 12.2. The SMILES string of the molecule is CCOc1ccc(NCCC(=O)c2ccc(NS(C)(=O)=O)cc2)cc1. The molecule has 0 aliphatic carbocycles. The Bertz CT molecular complexity index is 800. The van der Waals surface area contributed by atoms with Gasteiger partial charge in [-0.2, -0.15) is 0 Å². The second-order valence-electron chi connectivity index (χ2n) is 5.51. The van der Waals surface area contributed by atoms with Crippen molar-refractivity contribution in [3.05, 3.63) is 54.1 Å². The molecule has 25 heavy (non-hydrogen) atoms. The Kier molecular flexibility index (Phi) is 6.41. The van der Waals surface area contributed by atoms with Gasteiger partial charge in [0.1, 0.15) is 5.75 Å². The molecule has 0 bridgehead atoms. The molecular formula is C18H22N2O4S. The van der Waals surface area contributed by atoms with E-state index in [1.165, 1.54) is 0 Å². The molecule has 134 valence electrons. The summed E-state index contributed by atoms with van der Waals surface area (Å²) in [6.07, 6.45) is 1.42. The van der Waals surface area contributed by atoms with E-state index in [0.717, 1.165) is 17.7 Å². The number of nitrogens with one attached hydrogen (secondary N) is 2. The smallest absolute Gasteiger partial charge is 0.229 e. The monoisotopic (exact) mass is 362 g/mol. The zero-order chi connectivity index (χ0) is 18.3. The molecule has 2 rings (SSSR count). The Morgan fingerprint density at radius 3 is 2.16 bits per heavy atom. The minimum absolute atomic E-state index is 0.00987. The van der Waals surface area contributed by atoms with Crippen LogP contribution < -0.4 is 14.8 Å². The van der Waals surface area contributed by atoms with E-state index in [4.69, 9.17) is 4.74 Å². The van der Waals surface area contributed by atoms with Crippen molar-refractivity contribution in [2.45, 2.75) is 13.3 Å². The summed E-state index contributed by atoms with van der Waals surface area (Å²) in [6.45, 7) is 3.07. The molecule has 0 fully saturated rings. The molecule has 0 aromatic heterocycles. The van der Waals surface area contributed by atoms with Crippen molar-refractivity contribution < 1.29 is 17.9 Å². The molecular weight excluding hydrogens is 340 g/mol. The van der Waals surface area contributed by atoms with Gasteiger partial charge in [0, 0.05) is 29.9 Å². The first-order valence-corrected chi connectivity index (χ1v) is 9.84. The highest BCUT2D eigenvalue weighted by atomic mass is 32.2. The van der Waals surface area contributed by atoms with Crippen LogP contribution in [0.5, 0.6) is 5.75 Å². The van der Waals surface area contributed by atoms with Crippen molar-refractivity contribution in [3.63, 3.8) is 0 Å². The number of Topliss-reactive ketones (excluding diaryl/α,β-unsaturated/α-hetero) is 1. The van der Waals surface area contributed by atoms with E-state index in [1.807, 2.05) is 31.2 Å². The summed E-state index contributed by atoms with van der Waals surface area (Å²) in [4.78, 5) is 12.2. The molecule has 0 saturated heterocycles. The van der Waals surface area contributed by atoms with Crippen LogP contribution in [-0.4, -0.2) is 33.6 Å². The Hall–Kier alpha value is -2.54. The molecule has 2 N–H and O–H groups in total. The second kappa shape index (κ2) is 8.53. The van der Waals surface area contributed by atoms with Gasteiger partial charge in [0.25, 0.3) is 0 Å². The van der Waals surface area contributed by atoms with Crippen molar-refractivity contribution in [2.75, 3.05) is 29.4 Å². The van der Waals surface area contributed by atoms with Crippen LogP contribution in [0.3, 0.4) is 0 Å². The number of hydrogen-bond donors (Lipinski definition) is 2. The molecule has 0 radical (unpaired) electrons. The molecule has 2 aromatic rings.